The van der Waals surface area contributed by atoms with Gasteiger partial charge in [0.1, 0.15) is 0 Å². The Balaban J connectivity index is 1.78. The van der Waals surface area contributed by atoms with Crippen LogP contribution in [-0.4, -0.2) is 23.6 Å². The second kappa shape index (κ2) is 8.30. The summed E-state index contributed by atoms with van der Waals surface area (Å²) in [7, 11) is 0. The fourth-order valence-corrected chi connectivity index (χ4v) is 3.80. The minimum absolute atomic E-state index is 0.0121. The zero-order chi connectivity index (χ0) is 16.9. The number of rotatable bonds is 5. The van der Waals surface area contributed by atoms with E-state index in [1.54, 1.807) is 12.3 Å². The molecule has 1 aromatic carbocycles. The van der Waals surface area contributed by atoms with Gasteiger partial charge in [0.2, 0.25) is 5.91 Å². The molecule has 1 fully saturated rings. The van der Waals surface area contributed by atoms with Gasteiger partial charge in [-0.15, -0.1) is 11.3 Å². The summed E-state index contributed by atoms with van der Waals surface area (Å²) in [5.41, 5.74) is 0.977. The number of benzene rings is 1. The summed E-state index contributed by atoms with van der Waals surface area (Å²) in [6.45, 7) is 0.733. The maximum atomic E-state index is 12.4. The van der Waals surface area contributed by atoms with Gasteiger partial charge >= 0.3 is 0 Å². The first-order valence-electron chi connectivity index (χ1n) is 7.89. The highest BCUT2D eigenvalue weighted by molar-refractivity contribution is 7.13. The van der Waals surface area contributed by atoms with E-state index in [9.17, 15) is 4.79 Å². The molecule has 2 heterocycles. The van der Waals surface area contributed by atoms with Gasteiger partial charge in [0.25, 0.3) is 0 Å². The van der Waals surface area contributed by atoms with E-state index in [-0.39, 0.29) is 17.9 Å². The van der Waals surface area contributed by atoms with Gasteiger partial charge in [0.15, 0.2) is 5.13 Å². The van der Waals surface area contributed by atoms with Crippen molar-refractivity contribution in [1.29, 1.82) is 0 Å². The Bertz CT molecular complexity index is 688. The highest BCUT2D eigenvalue weighted by atomic mass is 35.5. The molecule has 128 valence electrons. The van der Waals surface area contributed by atoms with Gasteiger partial charge in [0.05, 0.1) is 16.1 Å². The second-order valence-electron chi connectivity index (χ2n) is 5.77. The van der Waals surface area contributed by atoms with Crippen molar-refractivity contribution >= 4 is 45.6 Å². The van der Waals surface area contributed by atoms with E-state index in [2.05, 4.69) is 10.3 Å². The number of ether oxygens (including phenoxy) is 1. The summed E-state index contributed by atoms with van der Waals surface area (Å²) >= 11 is 13.6. The van der Waals surface area contributed by atoms with Crippen molar-refractivity contribution < 1.29 is 9.53 Å². The monoisotopic (exact) mass is 384 g/mol. The highest BCUT2D eigenvalue weighted by Crippen LogP contribution is 2.34. The summed E-state index contributed by atoms with van der Waals surface area (Å²) in [6.07, 6.45) is 5.11. The molecule has 2 unspecified atom stereocenters. The van der Waals surface area contributed by atoms with Gasteiger partial charge in [0, 0.05) is 30.5 Å². The molecule has 0 bridgehead atoms. The number of nitrogens with one attached hydrogen (secondary N) is 1. The van der Waals surface area contributed by atoms with Crippen LogP contribution >= 0.6 is 34.5 Å². The average molecular weight is 385 g/mol. The number of carbonyl (C=O) groups excluding carboxylic acids is 1. The summed E-state index contributed by atoms with van der Waals surface area (Å²) < 4.78 is 5.93. The summed E-state index contributed by atoms with van der Waals surface area (Å²) in [5, 5.41) is 6.29. The van der Waals surface area contributed by atoms with E-state index < -0.39 is 0 Å². The molecular weight excluding hydrogens is 367 g/mol. The van der Waals surface area contributed by atoms with Gasteiger partial charge in [-0.1, -0.05) is 29.3 Å². The maximum Gasteiger partial charge on any atom is 0.226 e. The standard InChI is InChI=1S/C17H18Cl2N2O2S/c18-13-5-4-11(9-14(13)19)12(15-3-1-2-7-23-15)10-16(22)21-17-20-6-8-24-17/h4-6,8-9,12,15H,1-3,7,10H2,(H,20,21,22). The van der Waals surface area contributed by atoms with Crippen LogP contribution in [-0.2, 0) is 9.53 Å². The number of thiazole rings is 1. The molecule has 7 heteroatoms. The third-order valence-corrected chi connectivity index (χ3v) is 5.55. The average Bonchev–Trinajstić information content (AvgIpc) is 3.09. The van der Waals surface area contributed by atoms with Gasteiger partial charge in [-0.2, -0.15) is 0 Å². The zero-order valence-electron chi connectivity index (χ0n) is 13.0. The SMILES string of the molecule is O=C(CC(c1ccc(Cl)c(Cl)c1)C1CCCCO1)Nc1nccs1. The van der Waals surface area contributed by atoms with Gasteiger partial charge in [-0.3, -0.25) is 4.79 Å². The van der Waals surface area contributed by atoms with E-state index >= 15 is 0 Å². The molecule has 1 N–H and O–H groups in total. The summed E-state index contributed by atoms with van der Waals surface area (Å²) in [4.78, 5) is 16.5. The number of carbonyl (C=O) groups is 1. The second-order valence-corrected chi connectivity index (χ2v) is 7.48. The topological polar surface area (TPSA) is 51.2 Å². The van der Waals surface area contributed by atoms with Crippen LogP contribution in [0.15, 0.2) is 29.8 Å². The first-order chi connectivity index (χ1) is 11.6. The van der Waals surface area contributed by atoms with Gasteiger partial charge in [-0.25, -0.2) is 4.98 Å². The number of amides is 1. The van der Waals surface area contributed by atoms with Crippen LogP contribution in [0, 0.1) is 0 Å². The van der Waals surface area contributed by atoms with Crippen molar-refractivity contribution in [2.75, 3.05) is 11.9 Å². The van der Waals surface area contributed by atoms with Crippen LogP contribution in [0.2, 0.25) is 10.0 Å². The Morgan fingerprint density at radius 3 is 2.92 bits per heavy atom. The van der Waals surface area contributed by atoms with Crippen molar-refractivity contribution in [3.63, 3.8) is 0 Å². The molecule has 0 saturated carbocycles. The number of hydrogen-bond acceptors (Lipinski definition) is 4. The molecule has 3 rings (SSSR count). The van der Waals surface area contributed by atoms with Gasteiger partial charge < -0.3 is 10.1 Å². The number of hydrogen-bond donors (Lipinski definition) is 1. The van der Waals surface area contributed by atoms with Crippen molar-refractivity contribution in [3.05, 3.63) is 45.4 Å². The normalized spacial score (nSPS) is 19.0. The third kappa shape index (κ3) is 4.48. The molecular formula is C17H18Cl2N2O2S. The largest absolute Gasteiger partial charge is 0.378 e. The van der Waals surface area contributed by atoms with Crippen molar-refractivity contribution in [3.8, 4) is 0 Å². The Kier molecular flexibility index (Phi) is 6.11. The smallest absolute Gasteiger partial charge is 0.226 e. The molecule has 1 aliphatic rings. The molecule has 2 atom stereocenters. The van der Waals surface area contributed by atoms with Crippen molar-refractivity contribution in [2.24, 2.45) is 0 Å². The lowest BCUT2D eigenvalue weighted by atomic mass is 9.86. The third-order valence-electron chi connectivity index (χ3n) is 4.12. The molecule has 0 radical (unpaired) electrons. The minimum atomic E-state index is -0.0739. The van der Waals surface area contributed by atoms with Gasteiger partial charge in [-0.05, 0) is 37.0 Å². The molecule has 0 spiro atoms. The molecule has 1 aromatic heterocycles. The van der Waals surface area contributed by atoms with Crippen LogP contribution in [0.4, 0.5) is 5.13 Å². The van der Waals surface area contributed by atoms with Crippen LogP contribution in [0.1, 0.15) is 37.2 Å². The minimum Gasteiger partial charge on any atom is -0.378 e. The number of anilines is 1. The fourth-order valence-electron chi connectivity index (χ4n) is 2.95. The maximum absolute atomic E-state index is 12.4. The number of halogens is 2. The Hall–Kier alpha value is -1.14. The molecule has 1 amide bonds. The van der Waals surface area contributed by atoms with E-state index in [1.165, 1.54) is 11.3 Å². The molecule has 1 aliphatic heterocycles. The van der Waals surface area contributed by atoms with E-state index in [0.717, 1.165) is 31.4 Å². The molecule has 0 aliphatic carbocycles. The lowest BCUT2D eigenvalue weighted by Crippen LogP contribution is -2.29. The molecule has 4 nitrogen and oxygen atoms in total. The number of nitrogens with zero attached hydrogens (tertiary/aromatic N) is 1. The highest BCUT2D eigenvalue weighted by Gasteiger charge is 2.28. The lowest BCUT2D eigenvalue weighted by Gasteiger charge is -2.30. The molecule has 1 saturated heterocycles. The lowest BCUT2D eigenvalue weighted by molar-refractivity contribution is -0.117. The van der Waals surface area contributed by atoms with Crippen molar-refractivity contribution in [1.82, 2.24) is 4.98 Å². The zero-order valence-corrected chi connectivity index (χ0v) is 15.3. The van der Waals surface area contributed by atoms with Crippen LogP contribution < -0.4 is 5.32 Å². The molecule has 24 heavy (non-hydrogen) atoms. The Labute approximate surface area is 155 Å². The summed E-state index contributed by atoms with van der Waals surface area (Å²) in [6, 6.07) is 5.53. The van der Waals surface area contributed by atoms with Crippen LogP contribution in [0.3, 0.4) is 0 Å². The quantitative estimate of drug-likeness (QED) is 0.776. The van der Waals surface area contributed by atoms with E-state index in [1.807, 2.05) is 17.5 Å². The first-order valence-corrected chi connectivity index (χ1v) is 9.53. The first kappa shape index (κ1) is 17.7. The Morgan fingerprint density at radius 1 is 1.38 bits per heavy atom. The summed E-state index contributed by atoms with van der Waals surface area (Å²) in [5.74, 6) is -0.129. The van der Waals surface area contributed by atoms with Crippen molar-refractivity contribution in [2.45, 2.75) is 37.7 Å². The fraction of sp³-hybridized carbons (Fsp3) is 0.412. The van der Waals surface area contributed by atoms with E-state index in [0.29, 0.717) is 21.6 Å². The van der Waals surface area contributed by atoms with E-state index in [4.69, 9.17) is 27.9 Å². The molecule has 2 aromatic rings. The predicted molar refractivity (Wildman–Crippen MR) is 98.2 cm³/mol. The predicted octanol–water partition coefficient (Wildman–Crippen LogP) is 5.13. The van der Waals surface area contributed by atoms with Crippen LogP contribution in [0.5, 0.6) is 0 Å². The van der Waals surface area contributed by atoms with Crippen LogP contribution in [0.25, 0.3) is 0 Å². The Morgan fingerprint density at radius 2 is 2.25 bits per heavy atom. The number of aromatic nitrogens is 1.